The van der Waals surface area contributed by atoms with Crippen LogP contribution in [0.25, 0.3) is 0 Å². The molecule has 1 amide bonds. The van der Waals surface area contributed by atoms with E-state index in [1.54, 1.807) is 36.5 Å². The van der Waals surface area contributed by atoms with Crippen molar-refractivity contribution in [1.29, 1.82) is 0 Å². The molecule has 33 heavy (non-hydrogen) atoms. The number of carbonyl (C=O) groups excluding carboxylic acids is 1. The predicted octanol–water partition coefficient (Wildman–Crippen LogP) is 4.19. The van der Waals surface area contributed by atoms with Crippen LogP contribution in [0.5, 0.6) is 5.75 Å². The quantitative estimate of drug-likeness (QED) is 0.532. The number of morpholine rings is 1. The number of amides is 1. The number of pyridine rings is 1. The van der Waals surface area contributed by atoms with Crippen LogP contribution >= 0.6 is 0 Å². The summed E-state index contributed by atoms with van der Waals surface area (Å²) in [5.41, 5.74) is 2.65. The summed E-state index contributed by atoms with van der Waals surface area (Å²) < 4.78 is 34.4. The largest absolute Gasteiger partial charge is 0.435 e. The van der Waals surface area contributed by atoms with Gasteiger partial charge in [-0.1, -0.05) is 12.1 Å². The van der Waals surface area contributed by atoms with Gasteiger partial charge in [-0.3, -0.25) is 4.79 Å². The van der Waals surface area contributed by atoms with Crippen LogP contribution in [0.15, 0.2) is 66.9 Å². The summed E-state index contributed by atoms with van der Waals surface area (Å²) >= 11 is 0. The second-order valence-electron chi connectivity index (χ2n) is 7.38. The average Bonchev–Trinajstić information content (AvgIpc) is 2.84. The smallest absolute Gasteiger partial charge is 0.387 e. The Bertz CT molecular complexity index is 1070. The first-order chi connectivity index (χ1) is 16.1. The Balaban J connectivity index is 1.40. The molecule has 3 aromatic rings. The van der Waals surface area contributed by atoms with E-state index in [0.29, 0.717) is 36.7 Å². The molecule has 0 bridgehead atoms. The maximum Gasteiger partial charge on any atom is 0.387 e. The lowest BCUT2D eigenvalue weighted by molar-refractivity contribution is -0.0498. The zero-order chi connectivity index (χ0) is 23.0. The molecule has 1 aliphatic heterocycles. The average molecular weight is 454 g/mol. The van der Waals surface area contributed by atoms with Crippen LogP contribution < -0.4 is 20.3 Å². The summed E-state index contributed by atoms with van der Waals surface area (Å²) in [6, 6.07) is 17.0. The third kappa shape index (κ3) is 6.17. The molecule has 0 radical (unpaired) electrons. The first-order valence-corrected chi connectivity index (χ1v) is 10.6. The Morgan fingerprint density at radius 3 is 2.61 bits per heavy atom. The molecular formula is C24H24F2N4O3. The molecule has 0 spiro atoms. The second kappa shape index (κ2) is 10.7. The van der Waals surface area contributed by atoms with Gasteiger partial charge in [0, 0.05) is 31.5 Å². The van der Waals surface area contributed by atoms with Crippen molar-refractivity contribution in [2.24, 2.45) is 0 Å². The van der Waals surface area contributed by atoms with Crippen LogP contribution in [0.4, 0.5) is 26.0 Å². The fourth-order valence-corrected chi connectivity index (χ4v) is 3.48. The number of rotatable bonds is 8. The maximum absolute atomic E-state index is 12.9. The van der Waals surface area contributed by atoms with Crippen molar-refractivity contribution in [2.45, 2.75) is 13.2 Å². The molecule has 0 unspecified atom stereocenters. The summed E-state index contributed by atoms with van der Waals surface area (Å²) in [5, 5.41) is 6.10. The summed E-state index contributed by atoms with van der Waals surface area (Å²) in [7, 11) is 0. The lowest BCUT2D eigenvalue weighted by Crippen LogP contribution is -2.36. The highest BCUT2D eigenvalue weighted by atomic mass is 19.3. The number of anilines is 3. The minimum atomic E-state index is -2.88. The Kier molecular flexibility index (Phi) is 7.31. The number of hydrogen-bond donors (Lipinski definition) is 2. The minimum Gasteiger partial charge on any atom is -0.435 e. The van der Waals surface area contributed by atoms with E-state index < -0.39 is 6.61 Å². The lowest BCUT2D eigenvalue weighted by atomic mass is 10.1. The molecule has 1 fully saturated rings. The molecule has 1 aromatic heterocycles. The van der Waals surface area contributed by atoms with Crippen LogP contribution in [0.2, 0.25) is 0 Å². The first kappa shape index (κ1) is 22.5. The predicted molar refractivity (Wildman–Crippen MR) is 121 cm³/mol. The lowest BCUT2D eigenvalue weighted by Gasteiger charge is -2.28. The van der Waals surface area contributed by atoms with E-state index >= 15 is 0 Å². The monoisotopic (exact) mass is 454 g/mol. The highest BCUT2D eigenvalue weighted by Crippen LogP contribution is 2.24. The van der Waals surface area contributed by atoms with Gasteiger partial charge in [-0.05, 0) is 54.1 Å². The van der Waals surface area contributed by atoms with E-state index in [1.807, 2.05) is 18.2 Å². The summed E-state index contributed by atoms with van der Waals surface area (Å²) in [5.74, 6) is 0.697. The molecule has 1 saturated heterocycles. The fourth-order valence-electron chi connectivity index (χ4n) is 3.48. The standard InChI is InChI=1S/C24H24F2N4O3/c25-24(26)33-19-7-5-18(6-8-19)29-21-4-2-1-3-20(21)23(31)28-16-17-9-10-27-22(15-17)30-11-13-32-14-12-30/h1-10,15,24,29H,11-14,16H2,(H,28,31). The zero-order valence-electron chi connectivity index (χ0n) is 17.8. The molecular weight excluding hydrogens is 430 g/mol. The van der Waals surface area contributed by atoms with Gasteiger partial charge in [0.05, 0.1) is 24.5 Å². The molecule has 2 heterocycles. The Hall–Kier alpha value is -3.72. The highest BCUT2D eigenvalue weighted by molar-refractivity contribution is 6.00. The third-order valence-corrected chi connectivity index (χ3v) is 5.13. The molecule has 2 N–H and O–H groups in total. The van der Waals surface area contributed by atoms with Crippen molar-refractivity contribution in [1.82, 2.24) is 10.3 Å². The number of para-hydroxylation sites is 1. The van der Waals surface area contributed by atoms with E-state index in [4.69, 9.17) is 4.74 Å². The van der Waals surface area contributed by atoms with E-state index in [0.717, 1.165) is 24.5 Å². The van der Waals surface area contributed by atoms with Gasteiger partial charge in [-0.15, -0.1) is 0 Å². The SMILES string of the molecule is O=C(NCc1ccnc(N2CCOCC2)c1)c1ccccc1Nc1ccc(OC(F)F)cc1. The van der Waals surface area contributed by atoms with Crippen molar-refractivity contribution >= 4 is 23.1 Å². The molecule has 0 aliphatic carbocycles. The molecule has 0 saturated carbocycles. The highest BCUT2D eigenvalue weighted by Gasteiger charge is 2.14. The molecule has 1 aliphatic rings. The number of aromatic nitrogens is 1. The van der Waals surface area contributed by atoms with Gasteiger partial charge in [0.1, 0.15) is 11.6 Å². The van der Waals surface area contributed by atoms with E-state index in [1.165, 1.54) is 12.1 Å². The molecule has 0 atom stereocenters. The summed E-state index contributed by atoms with van der Waals surface area (Å²) in [6.45, 7) is 0.405. The summed E-state index contributed by atoms with van der Waals surface area (Å²) in [4.78, 5) is 19.5. The topological polar surface area (TPSA) is 75.7 Å². The normalized spacial score (nSPS) is 13.6. The van der Waals surface area contributed by atoms with Crippen LogP contribution in [-0.2, 0) is 11.3 Å². The van der Waals surface area contributed by atoms with Crippen LogP contribution in [0.1, 0.15) is 15.9 Å². The van der Waals surface area contributed by atoms with Crippen LogP contribution in [0, 0.1) is 0 Å². The molecule has 172 valence electrons. The van der Waals surface area contributed by atoms with Crippen molar-refractivity contribution < 1.29 is 23.0 Å². The van der Waals surface area contributed by atoms with Gasteiger partial charge in [-0.2, -0.15) is 8.78 Å². The van der Waals surface area contributed by atoms with Crippen molar-refractivity contribution in [3.63, 3.8) is 0 Å². The van der Waals surface area contributed by atoms with Crippen LogP contribution in [0.3, 0.4) is 0 Å². The van der Waals surface area contributed by atoms with Gasteiger partial charge in [0.2, 0.25) is 0 Å². The second-order valence-corrected chi connectivity index (χ2v) is 7.38. The minimum absolute atomic E-state index is 0.0652. The van der Waals surface area contributed by atoms with Gasteiger partial charge in [-0.25, -0.2) is 4.98 Å². The number of carbonyl (C=O) groups is 1. The van der Waals surface area contributed by atoms with E-state index in [9.17, 15) is 13.6 Å². The zero-order valence-corrected chi connectivity index (χ0v) is 17.8. The number of benzene rings is 2. The van der Waals surface area contributed by atoms with Crippen molar-refractivity contribution in [3.05, 3.63) is 78.0 Å². The molecule has 2 aromatic carbocycles. The molecule has 9 heteroatoms. The number of ether oxygens (including phenoxy) is 2. The van der Waals surface area contributed by atoms with Crippen LogP contribution in [-0.4, -0.2) is 43.8 Å². The Labute approximate surface area is 190 Å². The number of halogens is 2. The number of nitrogens with zero attached hydrogens (tertiary/aromatic N) is 2. The van der Waals surface area contributed by atoms with Crippen molar-refractivity contribution in [2.75, 3.05) is 36.5 Å². The number of alkyl halides is 2. The Morgan fingerprint density at radius 1 is 1.09 bits per heavy atom. The summed E-state index contributed by atoms with van der Waals surface area (Å²) in [6.07, 6.45) is 1.74. The first-order valence-electron chi connectivity index (χ1n) is 10.6. The van der Waals surface area contributed by atoms with Crippen molar-refractivity contribution in [3.8, 4) is 5.75 Å². The number of hydrogen-bond acceptors (Lipinski definition) is 6. The van der Waals surface area contributed by atoms with Gasteiger partial charge in [0.25, 0.3) is 5.91 Å². The molecule has 4 rings (SSSR count). The van der Waals surface area contributed by atoms with E-state index in [-0.39, 0.29) is 11.7 Å². The third-order valence-electron chi connectivity index (χ3n) is 5.13. The maximum atomic E-state index is 12.9. The van der Waals surface area contributed by atoms with Gasteiger partial charge < -0.3 is 25.0 Å². The van der Waals surface area contributed by atoms with Gasteiger partial charge >= 0.3 is 6.61 Å². The van der Waals surface area contributed by atoms with Gasteiger partial charge in [0.15, 0.2) is 0 Å². The fraction of sp³-hybridized carbons (Fsp3) is 0.250. The number of nitrogens with one attached hydrogen (secondary N) is 2. The Morgan fingerprint density at radius 2 is 1.85 bits per heavy atom. The molecule has 7 nitrogen and oxygen atoms in total. The van der Waals surface area contributed by atoms with E-state index in [2.05, 4.69) is 25.3 Å².